The third-order valence-electron chi connectivity index (χ3n) is 5.29. The van der Waals surface area contributed by atoms with Crippen molar-refractivity contribution in [2.75, 3.05) is 13.1 Å². The van der Waals surface area contributed by atoms with Gasteiger partial charge < -0.3 is 9.73 Å². The standard InChI is InChI=1S/C21H22N2O3/c24-19-10-15(21-6-3-9-26-21)11-20(25)17(19)12-22-13-18-16-5-2-1-4-14(16)7-8-23-18/h1-6,9,12,15,17-18,23H,7-8,10-11,13H2/b22-12+. The number of benzene rings is 1. The van der Waals surface area contributed by atoms with Gasteiger partial charge in [-0.2, -0.15) is 0 Å². The summed E-state index contributed by atoms with van der Waals surface area (Å²) in [5.74, 6) is -0.265. The second kappa shape index (κ2) is 7.38. The molecule has 0 amide bonds. The van der Waals surface area contributed by atoms with Crippen molar-refractivity contribution in [3.8, 4) is 0 Å². The summed E-state index contributed by atoms with van der Waals surface area (Å²) in [5.41, 5.74) is 2.60. The van der Waals surface area contributed by atoms with Crippen molar-refractivity contribution >= 4 is 17.8 Å². The molecule has 0 spiro atoms. The molecular formula is C21H22N2O3. The molecule has 1 aliphatic carbocycles. The highest BCUT2D eigenvalue weighted by Crippen LogP contribution is 2.31. The van der Waals surface area contributed by atoms with Crippen molar-refractivity contribution in [2.24, 2.45) is 10.9 Å². The number of fused-ring (bicyclic) bond motifs is 1. The first-order valence-electron chi connectivity index (χ1n) is 9.12. The average molecular weight is 350 g/mol. The normalized spacial score (nSPS) is 26.2. The lowest BCUT2D eigenvalue weighted by atomic mass is 9.79. The zero-order valence-corrected chi connectivity index (χ0v) is 14.6. The first kappa shape index (κ1) is 16.9. The van der Waals surface area contributed by atoms with Crippen molar-refractivity contribution in [3.63, 3.8) is 0 Å². The van der Waals surface area contributed by atoms with Gasteiger partial charge in [0.1, 0.15) is 23.2 Å². The van der Waals surface area contributed by atoms with Crippen LogP contribution in [0.25, 0.3) is 0 Å². The van der Waals surface area contributed by atoms with Crippen molar-refractivity contribution in [1.29, 1.82) is 0 Å². The molecule has 1 fully saturated rings. The lowest BCUT2D eigenvalue weighted by molar-refractivity contribution is -0.133. The summed E-state index contributed by atoms with van der Waals surface area (Å²) in [6.45, 7) is 1.46. The molecule has 1 unspecified atom stereocenters. The molecule has 1 saturated carbocycles. The van der Waals surface area contributed by atoms with Crippen LogP contribution in [0.1, 0.15) is 41.7 Å². The third kappa shape index (κ3) is 3.40. The van der Waals surface area contributed by atoms with Gasteiger partial charge >= 0.3 is 0 Å². The molecule has 2 heterocycles. The quantitative estimate of drug-likeness (QED) is 0.680. The van der Waals surface area contributed by atoms with Gasteiger partial charge in [0, 0.05) is 25.0 Å². The third-order valence-corrected chi connectivity index (χ3v) is 5.29. The van der Waals surface area contributed by atoms with E-state index in [1.165, 1.54) is 11.1 Å². The number of nitrogens with zero attached hydrogens (tertiary/aromatic N) is 1. The SMILES string of the molecule is O=C1CC(c2ccco2)CC(=O)C1/C=N/CC1NCCc2ccccc21. The summed E-state index contributed by atoms with van der Waals surface area (Å²) in [5, 5.41) is 3.47. The second-order valence-electron chi connectivity index (χ2n) is 7.00. The monoisotopic (exact) mass is 350 g/mol. The van der Waals surface area contributed by atoms with E-state index in [0.29, 0.717) is 25.1 Å². The van der Waals surface area contributed by atoms with Gasteiger partial charge in [0.25, 0.3) is 0 Å². The van der Waals surface area contributed by atoms with Crippen LogP contribution in [0.3, 0.4) is 0 Å². The fraction of sp³-hybridized carbons (Fsp3) is 0.381. The molecule has 1 N–H and O–H groups in total. The van der Waals surface area contributed by atoms with Crippen LogP contribution in [0.2, 0.25) is 0 Å². The van der Waals surface area contributed by atoms with Gasteiger partial charge in [0.15, 0.2) is 0 Å². The fourth-order valence-electron chi connectivity index (χ4n) is 3.91. The van der Waals surface area contributed by atoms with Crippen LogP contribution in [0.4, 0.5) is 0 Å². The van der Waals surface area contributed by atoms with Crippen LogP contribution in [0.5, 0.6) is 0 Å². The maximum atomic E-state index is 12.4. The molecule has 1 aliphatic heterocycles. The van der Waals surface area contributed by atoms with Gasteiger partial charge in [-0.15, -0.1) is 0 Å². The summed E-state index contributed by atoms with van der Waals surface area (Å²) in [7, 11) is 0. The number of rotatable bonds is 4. The highest BCUT2D eigenvalue weighted by molar-refractivity contribution is 6.16. The Morgan fingerprint density at radius 1 is 1.12 bits per heavy atom. The Balaban J connectivity index is 1.40. The summed E-state index contributed by atoms with van der Waals surface area (Å²) in [6.07, 6.45) is 4.82. The van der Waals surface area contributed by atoms with Crippen molar-refractivity contribution in [2.45, 2.75) is 31.2 Å². The fourth-order valence-corrected chi connectivity index (χ4v) is 3.91. The minimum Gasteiger partial charge on any atom is -0.469 e. The number of furan rings is 1. The van der Waals surface area contributed by atoms with Gasteiger partial charge in [-0.25, -0.2) is 0 Å². The maximum absolute atomic E-state index is 12.4. The molecule has 2 aliphatic rings. The average Bonchev–Trinajstić information content (AvgIpc) is 3.19. The molecule has 0 radical (unpaired) electrons. The topological polar surface area (TPSA) is 71.7 Å². The Labute approximate surface area is 152 Å². The van der Waals surface area contributed by atoms with Crippen LogP contribution in [-0.4, -0.2) is 30.9 Å². The Hall–Kier alpha value is -2.53. The van der Waals surface area contributed by atoms with Crippen LogP contribution < -0.4 is 5.32 Å². The number of hydrogen-bond acceptors (Lipinski definition) is 5. The minimum atomic E-state index is -0.708. The highest BCUT2D eigenvalue weighted by atomic mass is 16.3. The minimum absolute atomic E-state index is 0.0663. The van der Waals surface area contributed by atoms with E-state index in [0.717, 1.165) is 13.0 Å². The van der Waals surface area contributed by atoms with E-state index in [1.807, 2.05) is 12.1 Å². The predicted octanol–water partition coefficient (Wildman–Crippen LogP) is 2.87. The summed E-state index contributed by atoms with van der Waals surface area (Å²) in [4.78, 5) is 29.3. The Kier molecular flexibility index (Phi) is 4.80. The summed E-state index contributed by atoms with van der Waals surface area (Å²) in [6, 6.07) is 12.1. The molecule has 0 bridgehead atoms. The smallest absolute Gasteiger partial charge is 0.149 e. The molecule has 134 valence electrons. The van der Waals surface area contributed by atoms with E-state index in [2.05, 4.69) is 28.5 Å². The van der Waals surface area contributed by atoms with E-state index in [4.69, 9.17) is 4.42 Å². The second-order valence-corrected chi connectivity index (χ2v) is 7.00. The highest BCUT2D eigenvalue weighted by Gasteiger charge is 2.36. The Morgan fingerprint density at radius 2 is 1.92 bits per heavy atom. The van der Waals surface area contributed by atoms with Crippen molar-refractivity contribution in [1.82, 2.24) is 5.32 Å². The Morgan fingerprint density at radius 3 is 2.69 bits per heavy atom. The maximum Gasteiger partial charge on any atom is 0.149 e. The number of ketones is 2. The number of Topliss-reactive ketones (excluding diaryl/α,β-unsaturated/α-hetero) is 2. The number of carbonyl (C=O) groups is 2. The molecule has 2 aromatic rings. The van der Waals surface area contributed by atoms with Gasteiger partial charge in [-0.3, -0.25) is 14.6 Å². The van der Waals surface area contributed by atoms with E-state index in [1.54, 1.807) is 18.5 Å². The number of carbonyl (C=O) groups excluding carboxylic acids is 2. The van der Waals surface area contributed by atoms with Gasteiger partial charge in [0.05, 0.1) is 18.8 Å². The van der Waals surface area contributed by atoms with Crippen molar-refractivity contribution in [3.05, 3.63) is 59.5 Å². The lowest BCUT2D eigenvalue weighted by Crippen LogP contribution is -2.34. The molecule has 1 aromatic heterocycles. The van der Waals surface area contributed by atoms with Gasteiger partial charge in [0.2, 0.25) is 0 Å². The van der Waals surface area contributed by atoms with Gasteiger partial charge in [-0.1, -0.05) is 24.3 Å². The predicted molar refractivity (Wildman–Crippen MR) is 98.4 cm³/mol. The molecule has 5 heteroatoms. The summed E-state index contributed by atoms with van der Waals surface area (Å²) < 4.78 is 5.35. The van der Waals surface area contributed by atoms with E-state index >= 15 is 0 Å². The van der Waals surface area contributed by atoms with E-state index in [-0.39, 0.29) is 23.5 Å². The first-order valence-corrected chi connectivity index (χ1v) is 9.12. The molecule has 26 heavy (non-hydrogen) atoms. The zero-order chi connectivity index (χ0) is 17.9. The molecule has 1 atom stereocenters. The molecule has 0 saturated heterocycles. The van der Waals surface area contributed by atoms with Crippen molar-refractivity contribution < 1.29 is 14.0 Å². The molecule has 5 nitrogen and oxygen atoms in total. The number of aliphatic imine (C=N–C) groups is 1. The van der Waals surface area contributed by atoms with Crippen LogP contribution in [0, 0.1) is 5.92 Å². The van der Waals surface area contributed by atoms with E-state index < -0.39 is 5.92 Å². The number of hydrogen-bond donors (Lipinski definition) is 1. The largest absolute Gasteiger partial charge is 0.469 e. The van der Waals surface area contributed by atoms with E-state index in [9.17, 15) is 9.59 Å². The Bertz CT molecular complexity index is 808. The summed E-state index contributed by atoms with van der Waals surface area (Å²) >= 11 is 0. The van der Waals surface area contributed by atoms with Gasteiger partial charge in [-0.05, 0) is 36.2 Å². The van der Waals surface area contributed by atoms with Crippen LogP contribution >= 0.6 is 0 Å². The zero-order valence-electron chi connectivity index (χ0n) is 14.6. The first-order chi connectivity index (χ1) is 12.7. The number of nitrogens with one attached hydrogen (secondary N) is 1. The van der Waals surface area contributed by atoms with Crippen LogP contribution in [0.15, 0.2) is 52.1 Å². The lowest BCUT2D eigenvalue weighted by Gasteiger charge is -2.26. The molecule has 4 rings (SSSR count). The van der Waals surface area contributed by atoms with Crippen LogP contribution in [-0.2, 0) is 16.0 Å². The molecule has 1 aromatic carbocycles. The molecular weight excluding hydrogens is 328 g/mol.